The molecule has 11 nitrogen and oxygen atoms in total. The highest BCUT2D eigenvalue weighted by atomic mass is 32.2. The molecule has 238 valence electrons. The van der Waals surface area contributed by atoms with E-state index in [1.54, 1.807) is 43.8 Å². The van der Waals surface area contributed by atoms with Crippen LogP contribution in [0.3, 0.4) is 0 Å². The number of ether oxygens (including phenoxy) is 1. The van der Waals surface area contributed by atoms with Crippen LogP contribution in [0, 0.1) is 6.92 Å². The highest BCUT2D eigenvalue weighted by molar-refractivity contribution is 7.89. The van der Waals surface area contributed by atoms with Gasteiger partial charge in [-0.2, -0.15) is 0 Å². The minimum Gasteiger partial charge on any atom is -0.466 e. The summed E-state index contributed by atoms with van der Waals surface area (Å²) < 4.78 is 36.1. The Hall–Kier alpha value is -4.94. The average molecular weight is 641 g/mol. The number of nitrogens with one attached hydrogen (secondary N) is 1. The number of sulfonamides is 1. The molecule has 0 saturated heterocycles. The van der Waals surface area contributed by atoms with Crippen LogP contribution in [0.4, 0.5) is 0 Å². The molecule has 0 unspecified atom stereocenters. The predicted octanol–water partition coefficient (Wildman–Crippen LogP) is 5.16. The summed E-state index contributed by atoms with van der Waals surface area (Å²) in [6, 6.07) is 19.9. The maximum Gasteiger partial charge on any atom is 0.305 e. The number of fused-ring (bicyclic) bond motifs is 1. The Bertz CT molecular complexity index is 1910. The minimum absolute atomic E-state index is 0.0845. The third-order valence-corrected chi connectivity index (χ3v) is 8.66. The Morgan fingerprint density at radius 1 is 0.935 bits per heavy atom. The van der Waals surface area contributed by atoms with Crippen LogP contribution in [-0.4, -0.2) is 52.8 Å². The number of pyridine rings is 2. The fourth-order valence-corrected chi connectivity index (χ4v) is 5.92. The normalized spacial score (nSPS) is 11.9. The summed E-state index contributed by atoms with van der Waals surface area (Å²) in [5.41, 5.74) is 5.57. The number of hydrogen-bond donors (Lipinski definition) is 1. The number of aromatic nitrogens is 4. The highest BCUT2D eigenvalue weighted by Gasteiger charge is 2.16. The van der Waals surface area contributed by atoms with Crippen molar-refractivity contribution in [2.75, 3.05) is 13.2 Å². The molecule has 12 heteroatoms. The van der Waals surface area contributed by atoms with Gasteiger partial charge in [0.25, 0.3) is 0 Å². The van der Waals surface area contributed by atoms with E-state index in [2.05, 4.69) is 29.4 Å². The third kappa shape index (κ3) is 8.40. The van der Waals surface area contributed by atoms with Crippen LogP contribution in [0.5, 0.6) is 0 Å². The second kappa shape index (κ2) is 15.4. The molecule has 0 atom stereocenters. The van der Waals surface area contributed by atoms with Crippen LogP contribution < -0.4 is 4.72 Å². The van der Waals surface area contributed by atoms with E-state index in [-0.39, 0.29) is 17.4 Å². The molecule has 0 amide bonds. The molecule has 0 radical (unpaired) electrons. The fraction of sp³-hybridized carbons (Fsp3) is 0.265. The zero-order chi connectivity index (χ0) is 32.4. The van der Waals surface area contributed by atoms with Gasteiger partial charge in [-0.1, -0.05) is 35.5 Å². The monoisotopic (exact) mass is 640 g/mol. The first-order valence-corrected chi connectivity index (χ1v) is 16.5. The van der Waals surface area contributed by atoms with E-state index in [4.69, 9.17) is 9.57 Å². The van der Waals surface area contributed by atoms with Gasteiger partial charge in [0.2, 0.25) is 10.0 Å². The third-order valence-electron chi connectivity index (χ3n) is 7.25. The minimum atomic E-state index is -3.77. The molecule has 1 N–H and O–H groups in total. The van der Waals surface area contributed by atoms with Gasteiger partial charge in [-0.15, -0.1) is 0 Å². The van der Waals surface area contributed by atoms with E-state index in [9.17, 15) is 13.2 Å². The number of unbranched alkanes of at least 4 members (excludes halogenated alkanes) is 1. The van der Waals surface area contributed by atoms with Crippen LogP contribution in [0.15, 0.2) is 102 Å². The maximum atomic E-state index is 13.2. The molecule has 2 aromatic carbocycles. The van der Waals surface area contributed by atoms with Crippen LogP contribution in [0.25, 0.3) is 11.0 Å². The molecular formula is C34H36N6O5S. The van der Waals surface area contributed by atoms with Crippen LogP contribution >= 0.6 is 0 Å². The molecule has 0 aliphatic heterocycles. The lowest BCUT2D eigenvalue weighted by atomic mass is 10.0. The zero-order valence-corrected chi connectivity index (χ0v) is 26.6. The first kappa shape index (κ1) is 32.5. The molecule has 3 heterocycles. The number of rotatable bonds is 15. The number of imidazole rings is 1. The van der Waals surface area contributed by atoms with Crippen molar-refractivity contribution in [3.05, 3.63) is 120 Å². The van der Waals surface area contributed by atoms with Gasteiger partial charge in [-0.25, -0.2) is 18.1 Å². The quantitative estimate of drug-likeness (QED) is 0.0717. The summed E-state index contributed by atoms with van der Waals surface area (Å²) >= 11 is 0. The van der Waals surface area contributed by atoms with Gasteiger partial charge >= 0.3 is 5.97 Å². The zero-order valence-electron chi connectivity index (χ0n) is 25.8. The number of aryl methyl sites for hydroxylation is 1. The van der Waals surface area contributed by atoms with Crippen LogP contribution in [0.1, 0.15) is 54.3 Å². The van der Waals surface area contributed by atoms with Gasteiger partial charge < -0.3 is 14.1 Å². The summed E-state index contributed by atoms with van der Waals surface area (Å²) in [7, 11) is -3.77. The molecule has 46 heavy (non-hydrogen) atoms. The first-order valence-electron chi connectivity index (χ1n) is 15.0. The Morgan fingerprint density at radius 2 is 1.74 bits per heavy atom. The van der Waals surface area contributed by atoms with Gasteiger partial charge in [0.15, 0.2) is 0 Å². The number of oxime groups is 1. The molecule has 0 bridgehead atoms. The Labute approximate surface area is 268 Å². The van der Waals surface area contributed by atoms with Crippen LogP contribution in [0.2, 0.25) is 0 Å². The van der Waals surface area contributed by atoms with E-state index in [0.717, 1.165) is 39.1 Å². The number of nitrogens with zero attached hydrogens (tertiary/aromatic N) is 5. The number of carbonyl (C=O) groups excluding carboxylic acids is 1. The largest absolute Gasteiger partial charge is 0.466 e. The lowest BCUT2D eigenvalue weighted by Crippen LogP contribution is -2.23. The first-order chi connectivity index (χ1) is 22.3. The van der Waals surface area contributed by atoms with Gasteiger partial charge in [0, 0.05) is 49.2 Å². The van der Waals surface area contributed by atoms with Crippen molar-refractivity contribution in [2.45, 2.75) is 51.1 Å². The van der Waals surface area contributed by atoms with Crippen molar-refractivity contribution in [3.63, 3.8) is 0 Å². The summed E-state index contributed by atoms with van der Waals surface area (Å²) in [5, 5.41) is 4.38. The second-order valence-electron chi connectivity index (χ2n) is 10.6. The summed E-state index contributed by atoms with van der Waals surface area (Å²) in [6.45, 7) is 5.06. The molecular weight excluding hydrogens is 604 g/mol. The van der Waals surface area contributed by atoms with Crippen molar-refractivity contribution in [1.29, 1.82) is 0 Å². The second-order valence-corrected chi connectivity index (χ2v) is 12.3. The average Bonchev–Trinajstić information content (AvgIpc) is 3.38. The lowest BCUT2D eigenvalue weighted by Gasteiger charge is -2.11. The smallest absolute Gasteiger partial charge is 0.305 e. The molecule has 5 aromatic rings. The molecule has 0 spiro atoms. The summed E-state index contributed by atoms with van der Waals surface area (Å²) in [5.74, 6) is 0.636. The molecule has 0 aliphatic rings. The Morgan fingerprint density at radius 3 is 2.52 bits per heavy atom. The molecule has 0 saturated carbocycles. The topological polar surface area (TPSA) is 138 Å². The molecule has 3 aromatic heterocycles. The van der Waals surface area contributed by atoms with Crippen molar-refractivity contribution < 1.29 is 22.8 Å². The molecule has 0 fully saturated rings. The summed E-state index contributed by atoms with van der Waals surface area (Å²) in [6.07, 6.45) is 8.44. The molecule has 0 aliphatic carbocycles. The van der Waals surface area contributed by atoms with Gasteiger partial charge in [-0.3, -0.25) is 14.8 Å². The molecule has 5 rings (SSSR count). The van der Waals surface area contributed by atoms with E-state index >= 15 is 0 Å². The van der Waals surface area contributed by atoms with E-state index in [1.807, 2.05) is 61.5 Å². The predicted molar refractivity (Wildman–Crippen MR) is 175 cm³/mol. The van der Waals surface area contributed by atoms with Gasteiger partial charge in [0.1, 0.15) is 23.7 Å². The number of esters is 1. The maximum absolute atomic E-state index is 13.2. The Kier molecular flexibility index (Phi) is 10.8. The van der Waals surface area contributed by atoms with Crippen molar-refractivity contribution in [1.82, 2.24) is 24.2 Å². The van der Waals surface area contributed by atoms with Crippen molar-refractivity contribution in [3.8, 4) is 0 Å². The Balaban J connectivity index is 1.23. The van der Waals surface area contributed by atoms with Gasteiger partial charge in [-0.05, 0) is 74.2 Å². The van der Waals surface area contributed by atoms with E-state index < -0.39 is 10.0 Å². The van der Waals surface area contributed by atoms with Crippen LogP contribution in [-0.2, 0) is 37.5 Å². The number of hydrogen-bond acceptors (Lipinski definition) is 9. The SMILES string of the molecule is CCOC(=O)CCCCO/N=C(/c1cccnc1)c1cccc(CNS(=O)(=O)c2ccc(Cn3c(C)nc4cnccc43)cc2)c1. The highest BCUT2D eigenvalue weighted by Crippen LogP contribution is 2.19. The van der Waals surface area contributed by atoms with Gasteiger partial charge in [0.05, 0.1) is 23.2 Å². The number of carbonyl (C=O) groups is 1. The summed E-state index contributed by atoms with van der Waals surface area (Å²) in [4.78, 5) is 30.2. The lowest BCUT2D eigenvalue weighted by molar-refractivity contribution is -0.143. The van der Waals surface area contributed by atoms with E-state index in [0.29, 0.717) is 44.7 Å². The van der Waals surface area contributed by atoms with Crippen molar-refractivity contribution in [2.24, 2.45) is 5.16 Å². The number of benzene rings is 2. The fourth-order valence-electron chi connectivity index (χ4n) is 4.90. The standard InChI is InChI=1S/C34H36N6O5S/c1-3-44-33(41)11-4-5-19-45-39-34(29-10-7-17-35-22-29)28-9-6-8-27(20-28)21-37-46(42,43)30-14-12-26(13-15-30)24-40-25(2)38-31-23-36-18-16-32(31)40/h6-10,12-18,20,22-23,37H,3-5,11,19,21,24H2,1-2H3/b39-34+. The van der Waals surface area contributed by atoms with E-state index in [1.165, 1.54) is 0 Å². The van der Waals surface area contributed by atoms with Crippen molar-refractivity contribution >= 4 is 32.7 Å².